The van der Waals surface area contributed by atoms with E-state index in [2.05, 4.69) is 10.3 Å². The number of carbonyl (C=O) groups is 1. The van der Waals surface area contributed by atoms with Crippen LogP contribution in [0.15, 0.2) is 29.2 Å². The molecule has 0 unspecified atom stereocenters. The Kier molecular flexibility index (Phi) is 4.50. The summed E-state index contributed by atoms with van der Waals surface area (Å²) in [7, 11) is 0. The highest BCUT2D eigenvalue weighted by molar-refractivity contribution is 7.17. The van der Waals surface area contributed by atoms with E-state index in [9.17, 15) is 9.59 Å². The number of carbonyl (C=O) groups excluding carboxylic acids is 1. The Labute approximate surface area is 171 Å². The normalized spacial score (nSPS) is 16.3. The van der Waals surface area contributed by atoms with Crippen LogP contribution in [0.1, 0.15) is 52.3 Å². The fourth-order valence-electron chi connectivity index (χ4n) is 3.91. The van der Waals surface area contributed by atoms with Crippen molar-refractivity contribution in [2.75, 3.05) is 13.2 Å². The van der Waals surface area contributed by atoms with Crippen molar-refractivity contribution in [1.82, 2.24) is 14.7 Å². The summed E-state index contributed by atoms with van der Waals surface area (Å²) in [4.78, 5) is 32.2. The summed E-state index contributed by atoms with van der Waals surface area (Å²) in [6.45, 7) is 2.91. The Hall–Kier alpha value is -2.87. The number of aryl methyl sites for hydroxylation is 2. The smallest absolute Gasteiger partial charge is 0.271 e. The zero-order valence-electron chi connectivity index (χ0n) is 16.1. The molecule has 0 saturated heterocycles. The van der Waals surface area contributed by atoms with Crippen LogP contribution in [0.3, 0.4) is 0 Å². The topological polar surface area (TPSA) is 81.9 Å². The number of hydrogen-bond acceptors (Lipinski definition) is 6. The van der Waals surface area contributed by atoms with Gasteiger partial charge in [0.1, 0.15) is 18.8 Å². The van der Waals surface area contributed by atoms with Crippen molar-refractivity contribution in [3.63, 3.8) is 0 Å². The zero-order valence-corrected chi connectivity index (χ0v) is 16.9. The molecule has 0 saturated carbocycles. The lowest BCUT2D eigenvalue weighted by atomic mass is 10.0. The monoisotopic (exact) mass is 411 g/mol. The number of rotatable bonds is 3. The van der Waals surface area contributed by atoms with E-state index in [-0.39, 0.29) is 17.2 Å². The maximum atomic E-state index is 13.0. The number of nitrogens with zero attached hydrogens (tertiary/aromatic N) is 2. The molecule has 1 amide bonds. The third-order valence-corrected chi connectivity index (χ3v) is 6.62. The van der Waals surface area contributed by atoms with Crippen LogP contribution in [0.2, 0.25) is 0 Å². The Balaban J connectivity index is 1.42. The number of fused-ring (bicyclic) bond motifs is 4. The zero-order chi connectivity index (χ0) is 20.0. The van der Waals surface area contributed by atoms with Crippen molar-refractivity contribution in [3.05, 3.63) is 56.4 Å². The predicted octanol–water partition coefficient (Wildman–Crippen LogP) is 2.90. The first-order chi connectivity index (χ1) is 14.1. The predicted molar refractivity (Wildman–Crippen MR) is 109 cm³/mol. The second kappa shape index (κ2) is 7.18. The maximum absolute atomic E-state index is 13.0. The van der Waals surface area contributed by atoms with Crippen molar-refractivity contribution in [3.8, 4) is 11.5 Å². The highest BCUT2D eigenvalue weighted by atomic mass is 32.1. The number of aromatic nitrogens is 2. The van der Waals surface area contributed by atoms with Gasteiger partial charge in [-0.2, -0.15) is 0 Å². The van der Waals surface area contributed by atoms with Crippen LogP contribution in [-0.2, 0) is 12.8 Å². The van der Waals surface area contributed by atoms with Crippen molar-refractivity contribution in [2.45, 2.75) is 38.6 Å². The summed E-state index contributed by atoms with van der Waals surface area (Å²) in [6, 6.07) is 5.30. The van der Waals surface area contributed by atoms with E-state index in [1.165, 1.54) is 11.1 Å². The molecule has 5 rings (SSSR count). The van der Waals surface area contributed by atoms with Crippen molar-refractivity contribution < 1.29 is 14.3 Å². The minimum Gasteiger partial charge on any atom is -0.486 e. The highest BCUT2D eigenvalue weighted by Gasteiger charge is 2.23. The van der Waals surface area contributed by atoms with E-state index in [1.807, 2.05) is 25.1 Å². The molecule has 3 heterocycles. The number of nitrogens with one attached hydrogen (secondary N) is 1. The summed E-state index contributed by atoms with van der Waals surface area (Å²) in [5.41, 5.74) is 1.67. The Morgan fingerprint density at radius 3 is 2.86 bits per heavy atom. The number of benzene rings is 1. The number of ether oxygens (including phenoxy) is 2. The average molecular weight is 411 g/mol. The van der Waals surface area contributed by atoms with E-state index >= 15 is 0 Å². The van der Waals surface area contributed by atoms with Gasteiger partial charge in [0.05, 0.1) is 6.04 Å². The third kappa shape index (κ3) is 3.17. The van der Waals surface area contributed by atoms with Crippen LogP contribution in [0, 0.1) is 0 Å². The molecule has 0 radical (unpaired) electrons. The Morgan fingerprint density at radius 1 is 1.21 bits per heavy atom. The van der Waals surface area contributed by atoms with Crippen molar-refractivity contribution in [1.29, 1.82) is 0 Å². The summed E-state index contributed by atoms with van der Waals surface area (Å²) < 4.78 is 12.8. The van der Waals surface area contributed by atoms with Crippen LogP contribution in [0.4, 0.5) is 0 Å². The lowest BCUT2D eigenvalue weighted by Crippen LogP contribution is -2.33. The van der Waals surface area contributed by atoms with Gasteiger partial charge < -0.3 is 14.8 Å². The maximum Gasteiger partial charge on any atom is 0.271 e. The van der Waals surface area contributed by atoms with E-state index in [1.54, 1.807) is 15.7 Å². The molecule has 7 nitrogen and oxygen atoms in total. The van der Waals surface area contributed by atoms with E-state index in [4.69, 9.17) is 9.47 Å². The largest absolute Gasteiger partial charge is 0.486 e. The van der Waals surface area contributed by atoms with Crippen LogP contribution < -0.4 is 20.3 Å². The molecule has 1 N–H and O–H groups in total. The Morgan fingerprint density at radius 2 is 2.00 bits per heavy atom. The van der Waals surface area contributed by atoms with Crippen LogP contribution in [0.5, 0.6) is 11.5 Å². The van der Waals surface area contributed by atoms with Crippen LogP contribution in [0.25, 0.3) is 4.96 Å². The summed E-state index contributed by atoms with van der Waals surface area (Å²) >= 11 is 1.55. The standard InChI is InChI=1S/C21H21N3O4S/c1-12(13-6-7-16-17(10-13)28-9-8-27-16)23-19(25)14-11-22-21-24(20(14)26)15-4-2-3-5-18(15)29-21/h6-7,10-12H,2-5,8-9H2,1H3,(H,23,25)/t12-/m0/s1. The molecule has 1 aliphatic carbocycles. The van der Waals surface area contributed by atoms with Crippen LogP contribution in [-0.4, -0.2) is 28.5 Å². The van der Waals surface area contributed by atoms with Crippen molar-refractivity contribution >= 4 is 22.2 Å². The van der Waals surface area contributed by atoms with Crippen molar-refractivity contribution in [2.24, 2.45) is 0 Å². The van der Waals surface area contributed by atoms with Gasteiger partial charge in [-0.3, -0.25) is 14.0 Å². The fraction of sp³-hybridized carbons (Fsp3) is 0.381. The molecule has 150 valence electrons. The van der Waals surface area contributed by atoms with E-state index in [0.29, 0.717) is 29.7 Å². The van der Waals surface area contributed by atoms with Gasteiger partial charge in [0.25, 0.3) is 11.5 Å². The van der Waals surface area contributed by atoms with Gasteiger partial charge in [0.2, 0.25) is 0 Å². The third-order valence-electron chi connectivity index (χ3n) is 5.46. The molecule has 1 aliphatic heterocycles. The second-order valence-electron chi connectivity index (χ2n) is 7.37. The van der Waals surface area contributed by atoms with E-state index in [0.717, 1.165) is 36.9 Å². The van der Waals surface area contributed by atoms with E-state index < -0.39 is 5.91 Å². The minimum atomic E-state index is -0.421. The van der Waals surface area contributed by atoms with Gasteiger partial charge in [0.15, 0.2) is 16.5 Å². The van der Waals surface area contributed by atoms with Gasteiger partial charge in [-0.25, -0.2) is 4.98 Å². The summed E-state index contributed by atoms with van der Waals surface area (Å²) in [6.07, 6.45) is 5.42. The molecule has 0 spiro atoms. The Bertz CT molecular complexity index is 1170. The molecule has 2 aromatic heterocycles. The minimum absolute atomic E-state index is 0.0677. The number of amides is 1. The first kappa shape index (κ1) is 18.2. The number of thiazole rings is 1. The highest BCUT2D eigenvalue weighted by Crippen LogP contribution is 2.32. The molecule has 8 heteroatoms. The van der Waals surface area contributed by atoms with Gasteiger partial charge in [-0.05, 0) is 50.3 Å². The molecular weight excluding hydrogens is 390 g/mol. The van der Waals surface area contributed by atoms with Gasteiger partial charge in [-0.15, -0.1) is 11.3 Å². The summed E-state index contributed by atoms with van der Waals surface area (Å²) in [5.74, 6) is 0.951. The van der Waals surface area contributed by atoms with Gasteiger partial charge in [0, 0.05) is 16.8 Å². The number of hydrogen-bond donors (Lipinski definition) is 1. The molecule has 0 fully saturated rings. The molecule has 3 aromatic rings. The van der Waals surface area contributed by atoms with Gasteiger partial charge >= 0.3 is 0 Å². The SMILES string of the molecule is C[C@H](NC(=O)c1cnc2sc3c(n2c1=O)CCCC3)c1ccc2c(c1)OCCO2. The molecule has 1 atom stereocenters. The molecule has 29 heavy (non-hydrogen) atoms. The quantitative estimate of drug-likeness (QED) is 0.717. The molecular formula is C21H21N3O4S. The lowest BCUT2D eigenvalue weighted by molar-refractivity contribution is 0.0937. The fourth-order valence-corrected chi connectivity index (χ4v) is 5.08. The summed E-state index contributed by atoms with van der Waals surface area (Å²) in [5, 5.41) is 2.91. The first-order valence-electron chi connectivity index (χ1n) is 9.84. The van der Waals surface area contributed by atoms with Gasteiger partial charge in [-0.1, -0.05) is 6.07 Å². The van der Waals surface area contributed by atoms with Crippen LogP contribution >= 0.6 is 11.3 Å². The average Bonchev–Trinajstić information content (AvgIpc) is 3.13. The second-order valence-corrected chi connectivity index (χ2v) is 8.43. The molecule has 0 bridgehead atoms. The molecule has 1 aromatic carbocycles. The molecule has 2 aliphatic rings. The first-order valence-corrected chi connectivity index (χ1v) is 10.7. The lowest BCUT2D eigenvalue weighted by Gasteiger charge is -2.21.